The van der Waals surface area contributed by atoms with E-state index in [4.69, 9.17) is 13.7 Å². The van der Waals surface area contributed by atoms with E-state index in [1.54, 1.807) is 6.92 Å². The molecular formula is C30H46N4O7S. The van der Waals surface area contributed by atoms with Crippen LogP contribution in [0.25, 0.3) is 0 Å². The van der Waals surface area contributed by atoms with Crippen LogP contribution in [-0.4, -0.2) is 65.6 Å². The number of benzene rings is 1. The number of nitrogens with one attached hydrogen (secondary N) is 4. The first-order chi connectivity index (χ1) is 19.6. The van der Waals surface area contributed by atoms with Gasteiger partial charge in [0, 0.05) is 24.5 Å². The molecule has 0 spiro atoms. The van der Waals surface area contributed by atoms with Crippen LogP contribution in [0.15, 0.2) is 30.3 Å². The van der Waals surface area contributed by atoms with Gasteiger partial charge in [-0.05, 0) is 57.9 Å². The molecule has 0 aromatic heterocycles. The van der Waals surface area contributed by atoms with Crippen molar-refractivity contribution >= 4 is 35.9 Å². The maximum Gasteiger partial charge on any atom is 0.408 e. The highest BCUT2D eigenvalue weighted by molar-refractivity contribution is 8.00. The van der Waals surface area contributed by atoms with Gasteiger partial charge in [-0.1, -0.05) is 51.1 Å². The quantitative estimate of drug-likeness (QED) is 0.197. The number of hydrogen-bond donors (Lipinski definition) is 4. The van der Waals surface area contributed by atoms with Gasteiger partial charge in [-0.3, -0.25) is 18.6 Å². The molecule has 3 rings (SSSR count). The zero-order valence-electron chi connectivity index (χ0n) is 25.7. The molecule has 1 aromatic rings. The predicted molar refractivity (Wildman–Crippen MR) is 160 cm³/mol. The lowest BCUT2D eigenvalue weighted by atomic mass is 9.87. The number of carbonyl (C=O) groups is 4. The SMILES string of the molecule is C[C@@H](OC(C)(C)C)[C@H](NC(=O)OCc1ccccc1)C(=O)N[C@@H](CC(C)(C)C)C(=O)N[C@@H](C[C@@H]1CCNC1=O)[C@H]1OS1. The first-order valence-electron chi connectivity index (χ1n) is 14.5. The normalized spacial score (nSPS) is 21.4. The molecule has 4 N–H and O–H groups in total. The summed E-state index contributed by atoms with van der Waals surface area (Å²) in [5, 5.41) is 11.3. The molecule has 12 heteroatoms. The van der Waals surface area contributed by atoms with Crippen LogP contribution in [0.1, 0.15) is 73.3 Å². The summed E-state index contributed by atoms with van der Waals surface area (Å²) in [6.45, 7) is 13.8. The summed E-state index contributed by atoms with van der Waals surface area (Å²) in [7, 11) is 0. The standard InChI is InChI=1S/C30H46N4O7S/c1-18(40-30(5,6)7)23(34-28(38)39-17-19-11-9-8-10-12-19)26(37)33-22(16-29(2,3)4)25(36)32-21(27-41-42-27)15-20-13-14-31-24(20)35/h8-12,18,20-23,27H,13-17H2,1-7H3,(H,31,35)(H,32,36)(H,33,37)(H,34,38)/t18-,20+,21+,22+,23+,27+/m1/s1. The molecule has 2 saturated heterocycles. The Labute approximate surface area is 253 Å². The highest BCUT2D eigenvalue weighted by Crippen LogP contribution is 2.39. The topological polar surface area (TPSA) is 147 Å². The zero-order valence-corrected chi connectivity index (χ0v) is 26.5. The molecule has 0 bridgehead atoms. The minimum atomic E-state index is -1.14. The van der Waals surface area contributed by atoms with E-state index in [1.165, 1.54) is 12.0 Å². The fourth-order valence-electron chi connectivity index (χ4n) is 4.86. The number of rotatable bonds is 13. The minimum absolute atomic E-state index is 0.0275. The van der Waals surface area contributed by atoms with Crippen LogP contribution in [0.5, 0.6) is 0 Å². The van der Waals surface area contributed by atoms with Crippen molar-refractivity contribution in [1.82, 2.24) is 21.3 Å². The van der Waals surface area contributed by atoms with Crippen molar-refractivity contribution in [3.8, 4) is 0 Å². The van der Waals surface area contributed by atoms with Crippen molar-refractivity contribution in [3.05, 3.63) is 35.9 Å². The van der Waals surface area contributed by atoms with Gasteiger partial charge in [0.1, 0.15) is 18.7 Å². The summed E-state index contributed by atoms with van der Waals surface area (Å²) in [4.78, 5) is 52.3. The summed E-state index contributed by atoms with van der Waals surface area (Å²) in [5.74, 6) is -1.19. The summed E-state index contributed by atoms with van der Waals surface area (Å²) in [6.07, 6.45) is -0.0428. The Morgan fingerprint density at radius 2 is 1.71 bits per heavy atom. The van der Waals surface area contributed by atoms with Crippen molar-refractivity contribution in [2.24, 2.45) is 11.3 Å². The largest absolute Gasteiger partial charge is 0.445 e. The van der Waals surface area contributed by atoms with Gasteiger partial charge in [-0.2, -0.15) is 0 Å². The Hall–Kier alpha value is -2.83. The monoisotopic (exact) mass is 606 g/mol. The maximum atomic E-state index is 13.7. The summed E-state index contributed by atoms with van der Waals surface area (Å²) < 4.78 is 16.8. The van der Waals surface area contributed by atoms with Gasteiger partial charge in [-0.15, -0.1) is 0 Å². The fourth-order valence-corrected chi connectivity index (χ4v) is 5.37. The third kappa shape index (κ3) is 11.4. The van der Waals surface area contributed by atoms with Crippen LogP contribution < -0.4 is 21.3 Å². The second-order valence-electron chi connectivity index (χ2n) is 13.1. The molecule has 0 aliphatic carbocycles. The lowest BCUT2D eigenvalue weighted by Crippen LogP contribution is -2.59. The number of amides is 4. The van der Waals surface area contributed by atoms with Crippen LogP contribution >= 0.6 is 12.0 Å². The number of alkyl carbamates (subject to hydrolysis) is 1. The maximum absolute atomic E-state index is 13.7. The Kier molecular flexibility index (Phi) is 11.7. The minimum Gasteiger partial charge on any atom is -0.445 e. The van der Waals surface area contributed by atoms with Crippen molar-refractivity contribution in [3.63, 3.8) is 0 Å². The molecule has 2 aliphatic heterocycles. The van der Waals surface area contributed by atoms with E-state index >= 15 is 0 Å². The summed E-state index contributed by atoms with van der Waals surface area (Å²) >= 11 is 1.25. The lowest BCUT2D eigenvalue weighted by molar-refractivity contribution is -0.136. The van der Waals surface area contributed by atoms with Crippen molar-refractivity contribution in [1.29, 1.82) is 0 Å². The molecule has 0 radical (unpaired) electrons. The van der Waals surface area contributed by atoms with Crippen molar-refractivity contribution < 1.29 is 32.8 Å². The first kappa shape index (κ1) is 33.7. The van der Waals surface area contributed by atoms with Crippen LogP contribution in [0.2, 0.25) is 0 Å². The number of carbonyl (C=O) groups excluding carboxylic acids is 4. The van der Waals surface area contributed by atoms with Gasteiger partial charge < -0.3 is 30.7 Å². The Morgan fingerprint density at radius 3 is 2.26 bits per heavy atom. The fraction of sp³-hybridized carbons (Fsp3) is 0.667. The molecule has 2 heterocycles. The van der Waals surface area contributed by atoms with Gasteiger partial charge in [0.25, 0.3) is 0 Å². The number of hydrogen-bond acceptors (Lipinski definition) is 8. The van der Waals surface area contributed by atoms with Gasteiger partial charge >= 0.3 is 6.09 Å². The second kappa shape index (κ2) is 14.6. The molecule has 0 unspecified atom stereocenters. The third-order valence-corrected chi connectivity index (χ3v) is 7.53. The molecule has 1 aromatic carbocycles. The van der Waals surface area contributed by atoms with E-state index in [9.17, 15) is 19.2 Å². The molecule has 4 amide bonds. The van der Waals surface area contributed by atoms with Crippen LogP contribution in [0.3, 0.4) is 0 Å². The van der Waals surface area contributed by atoms with Crippen molar-refractivity contribution in [2.45, 2.75) is 110 Å². The molecule has 11 nitrogen and oxygen atoms in total. The first-order valence-corrected chi connectivity index (χ1v) is 15.3. The Morgan fingerprint density at radius 1 is 1.05 bits per heavy atom. The van der Waals surface area contributed by atoms with Gasteiger partial charge in [-0.25, -0.2) is 4.79 Å². The zero-order chi connectivity index (χ0) is 31.1. The smallest absolute Gasteiger partial charge is 0.408 e. The van der Waals surface area contributed by atoms with Gasteiger partial charge in [0.05, 0.1) is 17.7 Å². The van der Waals surface area contributed by atoms with Crippen molar-refractivity contribution in [2.75, 3.05) is 6.54 Å². The average Bonchev–Trinajstić information content (AvgIpc) is 3.66. The van der Waals surface area contributed by atoms with E-state index in [-0.39, 0.29) is 41.2 Å². The van der Waals surface area contributed by atoms with Gasteiger partial charge in [0.2, 0.25) is 17.7 Å². The summed E-state index contributed by atoms with van der Waals surface area (Å²) in [6, 6.07) is 6.77. The molecule has 234 valence electrons. The van der Waals surface area contributed by atoms with Crippen LogP contribution in [-0.2, 0) is 34.6 Å². The number of ether oxygens (including phenoxy) is 2. The van der Waals surface area contributed by atoms with Crippen LogP contribution in [0, 0.1) is 11.3 Å². The lowest BCUT2D eigenvalue weighted by Gasteiger charge is -2.33. The molecule has 42 heavy (non-hydrogen) atoms. The predicted octanol–water partition coefficient (Wildman–Crippen LogP) is 3.42. The van der Waals surface area contributed by atoms with E-state index in [0.717, 1.165) is 5.56 Å². The second-order valence-corrected chi connectivity index (χ2v) is 14.0. The molecule has 0 saturated carbocycles. The van der Waals surface area contributed by atoms with Gasteiger partial charge in [0.15, 0.2) is 5.44 Å². The highest BCUT2D eigenvalue weighted by Gasteiger charge is 2.42. The average molecular weight is 607 g/mol. The van der Waals surface area contributed by atoms with Crippen LogP contribution in [0.4, 0.5) is 4.79 Å². The molecule has 6 atom stereocenters. The Bertz CT molecular complexity index is 1090. The van der Waals surface area contributed by atoms with E-state index < -0.39 is 35.8 Å². The highest BCUT2D eigenvalue weighted by atomic mass is 32.2. The Balaban J connectivity index is 1.73. The third-order valence-electron chi connectivity index (χ3n) is 6.79. The molecule has 2 aliphatic rings. The van der Waals surface area contributed by atoms with E-state index in [0.29, 0.717) is 25.8 Å². The summed E-state index contributed by atoms with van der Waals surface area (Å²) in [5.41, 5.74) is -0.358. The van der Waals surface area contributed by atoms with E-state index in [1.807, 2.05) is 71.9 Å². The van der Waals surface area contributed by atoms with E-state index in [2.05, 4.69) is 21.3 Å². The molecular weight excluding hydrogens is 560 g/mol. The molecule has 2 fully saturated rings.